The Hall–Kier alpha value is -0.240. The lowest BCUT2D eigenvalue weighted by atomic mass is 10.2. The highest BCUT2D eigenvalue weighted by atomic mass is 35.5. The average molecular weight is 220 g/mol. The summed E-state index contributed by atoms with van der Waals surface area (Å²) in [6, 6.07) is 10.0. The average Bonchev–Trinajstić information content (AvgIpc) is 2.15. The molecule has 1 nitrogen and oxygen atoms in total. The smallest absolute Gasteiger partial charge is 0.108 e. The Balaban J connectivity index is 0.00000144. The minimum absolute atomic E-state index is 0. The van der Waals surface area contributed by atoms with E-state index in [0.717, 1.165) is 18.5 Å². The molecule has 0 radical (unpaired) electrons. The second-order valence-electron chi connectivity index (χ2n) is 2.73. The molecule has 0 saturated carbocycles. The molecule has 1 rings (SSSR count). The van der Waals surface area contributed by atoms with Crippen molar-refractivity contribution in [2.75, 3.05) is 6.54 Å². The molecule has 0 spiro atoms. The van der Waals surface area contributed by atoms with Gasteiger partial charge in [-0.2, -0.15) is 0 Å². The molecule has 0 aromatic heterocycles. The van der Waals surface area contributed by atoms with Crippen molar-refractivity contribution in [1.82, 2.24) is 5.32 Å². The Morgan fingerprint density at radius 1 is 1.31 bits per heavy atom. The summed E-state index contributed by atoms with van der Waals surface area (Å²) in [5, 5.41) is 3.21. The van der Waals surface area contributed by atoms with E-state index in [-0.39, 0.29) is 17.9 Å². The van der Waals surface area contributed by atoms with Crippen LogP contribution in [-0.2, 0) is 0 Å². The molecule has 1 N–H and O–H groups in total. The summed E-state index contributed by atoms with van der Waals surface area (Å²) < 4.78 is 0. The topological polar surface area (TPSA) is 12.0 Å². The van der Waals surface area contributed by atoms with Crippen molar-refractivity contribution >= 4 is 24.0 Å². The van der Waals surface area contributed by atoms with E-state index in [1.54, 1.807) is 0 Å². The molecule has 1 atom stereocenters. The monoisotopic (exact) mass is 219 g/mol. The lowest BCUT2D eigenvalue weighted by molar-refractivity contribution is 0.655. The van der Waals surface area contributed by atoms with Gasteiger partial charge >= 0.3 is 0 Å². The van der Waals surface area contributed by atoms with Gasteiger partial charge in [-0.25, -0.2) is 0 Å². The second kappa shape index (κ2) is 7.19. The predicted octanol–water partition coefficient (Wildman–Crippen LogP) is 3.35. The number of hydrogen-bond acceptors (Lipinski definition) is 1. The van der Waals surface area contributed by atoms with Gasteiger partial charge in [-0.05, 0) is 18.5 Å². The Morgan fingerprint density at radius 3 is 2.46 bits per heavy atom. The first-order chi connectivity index (χ1) is 5.84. The van der Waals surface area contributed by atoms with Crippen molar-refractivity contribution in [1.29, 1.82) is 0 Å². The number of benzene rings is 1. The molecule has 0 saturated heterocycles. The van der Waals surface area contributed by atoms with Gasteiger partial charge in [0.25, 0.3) is 0 Å². The summed E-state index contributed by atoms with van der Waals surface area (Å²) >= 11 is 6.07. The largest absolute Gasteiger partial charge is 0.298 e. The third-order valence-electron chi connectivity index (χ3n) is 1.67. The van der Waals surface area contributed by atoms with E-state index >= 15 is 0 Å². The Labute approximate surface area is 90.9 Å². The predicted molar refractivity (Wildman–Crippen MR) is 60.6 cm³/mol. The van der Waals surface area contributed by atoms with Crippen LogP contribution in [0.25, 0.3) is 0 Å². The van der Waals surface area contributed by atoms with E-state index in [1.165, 1.54) is 0 Å². The van der Waals surface area contributed by atoms with Crippen LogP contribution in [0.4, 0.5) is 0 Å². The van der Waals surface area contributed by atoms with E-state index in [0.29, 0.717) is 0 Å². The zero-order valence-electron chi connectivity index (χ0n) is 7.66. The number of rotatable bonds is 4. The number of nitrogens with one attached hydrogen (secondary N) is 1. The second-order valence-corrected chi connectivity index (χ2v) is 3.16. The highest BCUT2D eigenvalue weighted by Gasteiger charge is 2.03. The number of alkyl halides is 1. The molecule has 0 fully saturated rings. The molecular weight excluding hydrogens is 205 g/mol. The van der Waals surface area contributed by atoms with Crippen molar-refractivity contribution < 1.29 is 0 Å². The van der Waals surface area contributed by atoms with Gasteiger partial charge in [0.2, 0.25) is 0 Å². The minimum atomic E-state index is -0.0499. The number of hydrogen-bond donors (Lipinski definition) is 1. The van der Waals surface area contributed by atoms with Crippen LogP contribution < -0.4 is 5.32 Å². The van der Waals surface area contributed by atoms with Crippen LogP contribution in [0.15, 0.2) is 30.3 Å². The molecule has 1 aromatic rings. The lowest BCUT2D eigenvalue weighted by Crippen LogP contribution is -2.17. The van der Waals surface area contributed by atoms with Crippen molar-refractivity contribution in [3.8, 4) is 0 Å². The van der Waals surface area contributed by atoms with E-state index in [4.69, 9.17) is 11.6 Å². The summed E-state index contributed by atoms with van der Waals surface area (Å²) in [5.41, 5.74) is 1.08. The zero-order valence-corrected chi connectivity index (χ0v) is 9.24. The normalized spacial score (nSPS) is 11.8. The summed E-state index contributed by atoms with van der Waals surface area (Å²) in [6.07, 6.45) is 1.11. The lowest BCUT2D eigenvalue weighted by Gasteiger charge is -2.10. The Kier molecular flexibility index (Phi) is 7.06. The fourth-order valence-corrected chi connectivity index (χ4v) is 1.27. The van der Waals surface area contributed by atoms with E-state index < -0.39 is 0 Å². The Bertz CT molecular complexity index is 213. The fourth-order valence-electron chi connectivity index (χ4n) is 1.01. The summed E-state index contributed by atoms with van der Waals surface area (Å²) in [7, 11) is 0. The SMILES string of the molecule is CCCNC(Cl)c1ccccc1.Cl. The van der Waals surface area contributed by atoms with Gasteiger partial charge in [0.05, 0.1) is 0 Å². The van der Waals surface area contributed by atoms with Crippen molar-refractivity contribution in [2.24, 2.45) is 0 Å². The fraction of sp³-hybridized carbons (Fsp3) is 0.400. The minimum Gasteiger partial charge on any atom is -0.298 e. The molecule has 0 aliphatic rings. The Morgan fingerprint density at radius 2 is 1.92 bits per heavy atom. The van der Waals surface area contributed by atoms with Crippen molar-refractivity contribution in [2.45, 2.75) is 18.8 Å². The molecule has 13 heavy (non-hydrogen) atoms. The van der Waals surface area contributed by atoms with Gasteiger partial charge in [0, 0.05) is 0 Å². The van der Waals surface area contributed by atoms with Gasteiger partial charge in [0.15, 0.2) is 0 Å². The number of halogens is 2. The third-order valence-corrected chi connectivity index (χ3v) is 2.07. The van der Waals surface area contributed by atoms with Gasteiger partial charge in [0.1, 0.15) is 5.50 Å². The van der Waals surface area contributed by atoms with Gasteiger partial charge in [-0.1, -0.05) is 37.3 Å². The molecule has 1 unspecified atom stereocenters. The first-order valence-electron chi connectivity index (χ1n) is 4.27. The quantitative estimate of drug-likeness (QED) is 0.606. The maximum Gasteiger partial charge on any atom is 0.108 e. The van der Waals surface area contributed by atoms with Crippen molar-refractivity contribution in [3.63, 3.8) is 0 Å². The van der Waals surface area contributed by atoms with Crippen molar-refractivity contribution in [3.05, 3.63) is 35.9 Å². The van der Waals surface area contributed by atoms with Crippen LogP contribution in [0, 0.1) is 0 Å². The molecule has 0 heterocycles. The molecule has 0 aliphatic heterocycles. The van der Waals surface area contributed by atoms with E-state index in [1.807, 2.05) is 30.3 Å². The summed E-state index contributed by atoms with van der Waals surface area (Å²) in [5.74, 6) is 0. The maximum atomic E-state index is 6.07. The first-order valence-corrected chi connectivity index (χ1v) is 4.70. The maximum absolute atomic E-state index is 6.07. The molecule has 1 aromatic carbocycles. The zero-order chi connectivity index (χ0) is 8.81. The van der Waals surface area contributed by atoms with E-state index in [9.17, 15) is 0 Å². The summed E-state index contributed by atoms with van der Waals surface area (Å²) in [6.45, 7) is 3.09. The highest BCUT2D eigenvalue weighted by Crippen LogP contribution is 2.15. The van der Waals surface area contributed by atoms with Gasteiger partial charge in [-0.3, -0.25) is 5.32 Å². The third kappa shape index (κ3) is 4.51. The van der Waals surface area contributed by atoms with E-state index in [2.05, 4.69) is 12.2 Å². The molecule has 3 heteroatoms. The molecule has 0 aliphatic carbocycles. The van der Waals surface area contributed by atoms with Crippen LogP contribution in [0.5, 0.6) is 0 Å². The molecule has 74 valence electrons. The van der Waals surface area contributed by atoms with Gasteiger partial charge < -0.3 is 0 Å². The summed E-state index contributed by atoms with van der Waals surface area (Å²) in [4.78, 5) is 0. The molecule has 0 amide bonds. The standard InChI is InChI=1S/C10H14ClN.ClH/c1-2-8-12-10(11)9-6-4-3-5-7-9;/h3-7,10,12H,2,8H2,1H3;1H. The highest BCUT2D eigenvalue weighted by molar-refractivity contribution is 6.20. The van der Waals surface area contributed by atoms with Crippen LogP contribution >= 0.6 is 24.0 Å². The van der Waals surface area contributed by atoms with Crippen LogP contribution in [0.2, 0.25) is 0 Å². The first kappa shape index (κ1) is 12.8. The van der Waals surface area contributed by atoms with Crippen LogP contribution in [0.1, 0.15) is 24.4 Å². The molecule has 0 bridgehead atoms. The van der Waals surface area contributed by atoms with Gasteiger partial charge in [-0.15, -0.1) is 24.0 Å². The van der Waals surface area contributed by atoms with Crippen LogP contribution in [-0.4, -0.2) is 6.54 Å². The molecular formula is C10H15Cl2N. The van der Waals surface area contributed by atoms with Crippen LogP contribution in [0.3, 0.4) is 0 Å².